The Morgan fingerprint density at radius 2 is 2.09 bits per heavy atom. The molecule has 23 heavy (non-hydrogen) atoms. The highest BCUT2D eigenvalue weighted by atomic mass is 16.5. The Morgan fingerprint density at radius 1 is 1.26 bits per heavy atom. The molecule has 122 valence electrons. The second-order valence-electron chi connectivity index (χ2n) is 7.10. The first-order valence-electron chi connectivity index (χ1n) is 8.53. The van der Waals surface area contributed by atoms with Crippen LogP contribution in [0.1, 0.15) is 32.1 Å². The van der Waals surface area contributed by atoms with Crippen LogP contribution in [0.4, 0.5) is 6.01 Å². The van der Waals surface area contributed by atoms with E-state index >= 15 is 0 Å². The van der Waals surface area contributed by atoms with Crippen LogP contribution >= 0.6 is 0 Å². The van der Waals surface area contributed by atoms with Crippen LogP contribution in [0.3, 0.4) is 0 Å². The third-order valence-corrected chi connectivity index (χ3v) is 5.13. The van der Waals surface area contributed by atoms with Crippen molar-refractivity contribution in [2.75, 3.05) is 24.6 Å². The predicted molar refractivity (Wildman–Crippen MR) is 88.0 cm³/mol. The lowest BCUT2D eigenvalue weighted by Gasteiger charge is -2.41. The molecular formula is C18H23N3O2. The number of piperidine rings is 1. The van der Waals surface area contributed by atoms with Gasteiger partial charge in [0.25, 0.3) is 0 Å². The number of hydrogen-bond donors (Lipinski definition) is 1. The van der Waals surface area contributed by atoms with Crippen molar-refractivity contribution in [1.82, 2.24) is 10.1 Å². The summed E-state index contributed by atoms with van der Waals surface area (Å²) in [6, 6.07) is 10.5. The molecule has 1 N–H and O–H groups in total. The molecule has 0 spiro atoms. The third-order valence-electron chi connectivity index (χ3n) is 5.13. The minimum absolute atomic E-state index is 0.000791. The van der Waals surface area contributed by atoms with Crippen molar-refractivity contribution in [3.05, 3.63) is 30.3 Å². The quantitative estimate of drug-likeness (QED) is 0.919. The van der Waals surface area contributed by atoms with Crippen LogP contribution in [0.5, 0.6) is 0 Å². The van der Waals surface area contributed by atoms with Crippen LogP contribution in [0, 0.1) is 11.3 Å². The summed E-state index contributed by atoms with van der Waals surface area (Å²) in [5.74, 6) is 1.44. The van der Waals surface area contributed by atoms with Gasteiger partial charge in [-0.05, 0) is 25.2 Å². The SMILES string of the molecule is OCC1(CC2CC2)CCCN(c2nc(-c3ccccc3)no2)C1. The number of aromatic nitrogens is 2. The van der Waals surface area contributed by atoms with Gasteiger partial charge in [-0.3, -0.25) is 0 Å². The summed E-state index contributed by atoms with van der Waals surface area (Å²) < 4.78 is 5.50. The molecule has 1 aliphatic carbocycles. The first-order valence-corrected chi connectivity index (χ1v) is 8.53. The van der Waals surface area contributed by atoms with E-state index in [4.69, 9.17) is 4.52 Å². The summed E-state index contributed by atoms with van der Waals surface area (Å²) >= 11 is 0. The van der Waals surface area contributed by atoms with Gasteiger partial charge in [-0.25, -0.2) is 0 Å². The van der Waals surface area contributed by atoms with Gasteiger partial charge >= 0.3 is 6.01 Å². The molecule has 4 rings (SSSR count). The Hall–Kier alpha value is -1.88. The Kier molecular flexibility index (Phi) is 3.81. The highest BCUT2D eigenvalue weighted by Gasteiger charge is 2.40. The zero-order valence-electron chi connectivity index (χ0n) is 13.3. The largest absolute Gasteiger partial charge is 0.396 e. The van der Waals surface area contributed by atoms with Gasteiger partial charge in [-0.1, -0.05) is 48.3 Å². The van der Waals surface area contributed by atoms with E-state index in [0.717, 1.165) is 43.8 Å². The molecule has 1 saturated heterocycles. The maximum atomic E-state index is 9.97. The summed E-state index contributed by atoms with van der Waals surface area (Å²) in [6.45, 7) is 1.99. The normalized spacial score (nSPS) is 24.8. The number of rotatable bonds is 5. The molecule has 1 saturated carbocycles. The zero-order valence-corrected chi connectivity index (χ0v) is 13.3. The van der Waals surface area contributed by atoms with Crippen LogP contribution in [0.15, 0.2) is 34.9 Å². The van der Waals surface area contributed by atoms with E-state index in [0.29, 0.717) is 11.8 Å². The fourth-order valence-electron chi connectivity index (χ4n) is 3.71. The number of nitrogens with zero attached hydrogens (tertiary/aromatic N) is 3. The molecule has 0 amide bonds. The van der Waals surface area contributed by atoms with Gasteiger partial charge in [-0.15, -0.1) is 0 Å². The molecule has 2 heterocycles. The average molecular weight is 313 g/mol. The number of aliphatic hydroxyl groups is 1. The van der Waals surface area contributed by atoms with E-state index in [-0.39, 0.29) is 12.0 Å². The Morgan fingerprint density at radius 3 is 2.83 bits per heavy atom. The Balaban J connectivity index is 1.52. The second-order valence-corrected chi connectivity index (χ2v) is 7.10. The molecule has 1 unspecified atom stereocenters. The monoisotopic (exact) mass is 313 g/mol. The molecular weight excluding hydrogens is 290 g/mol. The first-order chi connectivity index (χ1) is 11.3. The fourth-order valence-corrected chi connectivity index (χ4v) is 3.71. The number of anilines is 1. The van der Waals surface area contributed by atoms with E-state index < -0.39 is 0 Å². The minimum Gasteiger partial charge on any atom is -0.396 e. The van der Waals surface area contributed by atoms with Crippen molar-refractivity contribution in [3.63, 3.8) is 0 Å². The van der Waals surface area contributed by atoms with Crippen molar-refractivity contribution >= 4 is 6.01 Å². The minimum atomic E-state index is 0.000791. The maximum Gasteiger partial charge on any atom is 0.324 e. The number of aliphatic hydroxyl groups excluding tert-OH is 1. The second kappa shape index (κ2) is 5.96. The van der Waals surface area contributed by atoms with E-state index in [1.165, 1.54) is 12.8 Å². The zero-order chi connectivity index (χ0) is 15.7. The molecule has 0 radical (unpaired) electrons. The standard InChI is InChI=1S/C18H23N3O2/c22-13-18(11-14-7-8-14)9-4-10-21(12-18)17-19-16(20-23-17)15-5-2-1-3-6-15/h1-3,5-6,14,22H,4,7-13H2. The number of benzene rings is 1. The maximum absolute atomic E-state index is 9.97. The fraction of sp³-hybridized carbons (Fsp3) is 0.556. The van der Waals surface area contributed by atoms with Gasteiger partial charge in [-0.2, -0.15) is 4.98 Å². The molecule has 5 nitrogen and oxygen atoms in total. The lowest BCUT2D eigenvalue weighted by atomic mass is 9.76. The lowest BCUT2D eigenvalue weighted by molar-refractivity contribution is 0.0883. The van der Waals surface area contributed by atoms with Gasteiger partial charge in [0.2, 0.25) is 5.82 Å². The van der Waals surface area contributed by atoms with Gasteiger partial charge in [0.05, 0.1) is 6.61 Å². The summed E-state index contributed by atoms with van der Waals surface area (Å²) in [4.78, 5) is 6.72. The third kappa shape index (κ3) is 3.11. The highest BCUT2D eigenvalue weighted by Crippen LogP contribution is 2.45. The van der Waals surface area contributed by atoms with Crippen LogP contribution in [-0.4, -0.2) is 34.9 Å². The van der Waals surface area contributed by atoms with Gasteiger partial charge < -0.3 is 14.5 Å². The Labute approximate surface area is 136 Å². The summed E-state index contributed by atoms with van der Waals surface area (Å²) in [5, 5.41) is 14.1. The van der Waals surface area contributed by atoms with Crippen LogP contribution in [-0.2, 0) is 0 Å². The smallest absolute Gasteiger partial charge is 0.324 e. The van der Waals surface area contributed by atoms with Gasteiger partial charge in [0.1, 0.15) is 0 Å². The van der Waals surface area contributed by atoms with Crippen molar-refractivity contribution in [2.24, 2.45) is 11.3 Å². The topological polar surface area (TPSA) is 62.4 Å². The molecule has 1 aromatic carbocycles. The molecule has 2 aromatic rings. The molecule has 2 aliphatic rings. The van der Waals surface area contributed by atoms with Crippen molar-refractivity contribution in [1.29, 1.82) is 0 Å². The molecule has 1 aromatic heterocycles. The van der Waals surface area contributed by atoms with E-state index in [1.54, 1.807) is 0 Å². The summed E-state index contributed by atoms with van der Waals surface area (Å²) in [6.07, 6.45) is 5.92. The first kappa shape index (κ1) is 14.7. The van der Waals surface area contributed by atoms with E-state index in [9.17, 15) is 5.11 Å². The highest BCUT2D eigenvalue weighted by molar-refractivity contribution is 5.55. The van der Waals surface area contributed by atoms with Crippen molar-refractivity contribution < 1.29 is 9.63 Å². The van der Waals surface area contributed by atoms with Gasteiger partial charge in [0.15, 0.2) is 0 Å². The average Bonchev–Trinajstić information content (AvgIpc) is 3.27. The number of hydrogen-bond acceptors (Lipinski definition) is 5. The lowest BCUT2D eigenvalue weighted by Crippen LogP contribution is -2.46. The van der Waals surface area contributed by atoms with E-state index in [2.05, 4.69) is 15.0 Å². The van der Waals surface area contributed by atoms with Crippen molar-refractivity contribution in [3.8, 4) is 11.4 Å². The van der Waals surface area contributed by atoms with Crippen LogP contribution in [0.2, 0.25) is 0 Å². The summed E-state index contributed by atoms with van der Waals surface area (Å²) in [5.41, 5.74) is 0.965. The Bertz CT molecular complexity index is 653. The summed E-state index contributed by atoms with van der Waals surface area (Å²) in [7, 11) is 0. The van der Waals surface area contributed by atoms with Crippen LogP contribution < -0.4 is 4.90 Å². The van der Waals surface area contributed by atoms with Gasteiger partial charge in [0, 0.05) is 24.1 Å². The molecule has 0 bridgehead atoms. The molecule has 2 fully saturated rings. The molecule has 5 heteroatoms. The predicted octanol–water partition coefficient (Wildman–Crippen LogP) is 3.12. The van der Waals surface area contributed by atoms with E-state index in [1.807, 2.05) is 30.3 Å². The van der Waals surface area contributed by atoms with Crippen LogP contribution in [0.25, 0.3) is 11.4 Å². The van der Waals surface area contributed by atoms with Crippen molar-refractivity contribution in [2.45, 2.75) is 32.1 Å². The molecule has 1 atom stereocenters. The molecule has 1 aliphatic heterocycles.